The number of carbonyl (C=O) groups excluding carboxylic acids is 2. The molecule has 0 saturated heterocycles. The molecule has 0 amide bonds. The first-order valence-electron chi connectivity index (χ1n) is 5.73. The van der Waals surface area contributed by atoms with Crippen LogP contribution in [-0.4, -0.2) is 17.9 Å². The zero-order valence-electron chi connectivity index (χ0n) is 10.8. The third-order valence-corrected chi connectivity index (χ3v) is 1.98. The summed E-state index contributed by atoms with van der Waals surface area (Å²) in [6.45, 7) is 9.42. The molecule has 0 aliphatic rings. The average molecular weight is 226 g/mol. The molecular weight excluding hydrogens is 204 g/mol. The predicted molar refractivity (Wildman–Crippen MR) is 64.0 cm³/mol. The Labute approximate surface area is 97.9 Å². The molecule has 0 N–H and O–H groups in total. The van der Waals surface area contributed by atoms with Gasteiger partial charge < -0.3 is 4.74 Å². The Balaban J connectivity index is 4.10. The Hall–Kier alpha value is -1.12. The molecule has 0 spiro atoms. The van der Waals surface area contributed by atoms with Crippen molar-refractivity contribution in [3.63, 3.8) is 0 Å². The smallest absolute Gasteiger partial charge is 0.313 e. The van der Waals surface area contributed by atoms with Crippen molar-refractivity contribution < 1.29 is 14.3 Å². The number of rotatable bonds is 6. The first kappa shape index (κ1) is 14.9. The van der Waals surface area contributed by atoms with Crippen molar-refractivity contribution in [3.8, 4) is 0 Å². The van der Waals surface area contributed by atoms with Crippen molar-refractivity contribution in [3.05, 3.63) is 12.2 Å². The van der Waals surface area contributed by atoms with Gasteiger partial charge >= 0.3 is 5.97 Å². The second-order valence-corrected chi connectivity index (χ2v) is 4.60. The first-order valence-corrected chi connectivity index (χ1v) is 5.73. The normalized spacial score (nSPS) is 13.4. The van der Waals surface area contributed by atoms with Gasteiger partial charge in [0.25, 0.3) is 0 Å². The number of allylic oxidation sites excluding steroid dienone is 2. The summed E-state index contributed by atoms with van der Waals surface area (Å²) in [5.74, 6) is -0.340. The molecule has 0 aromatic heterocycles. The molecule has 16 heavy (non-hydrogen) atoms. The lowest BCUT2D eigenvalue weighted by molar-refractivity contribution is -0.149. The molecule has 0 aromatic carbocycles. The van der Waals surface area contributed by atoms with Crippen LogP contribution in [0, 0.1) is 11.8 Å². The van der Waals surface area contributed by atoms with E-state index in [2.05, 4.69) is 0 Å². The van der Waals surface area contributed by atoms with Crippen LogP contribution in [0.1, 0.15) is 41.0 Å². The van der Waals surface area contributed by atoms with E-state index in [9.17, 15) is 9.59 Å². The zero-order chi connectivity index (χ0) is 12.7. The lowest BCUT2D eigenvalue weighted by atomic mass is 10.0. The summed E-state index contributed by atoms with van der Waals surface area (Å²) in [5.41, 5.74) is 0. The van der Waals surface area contributed by atoms with Gasteiger partial charge in [-0.15, -0.1) is 0 Å². The van der Waals surface area contributed by atoms with Gasteiger partial charge in [-0.2, -0.15) is 0 Å². The van der Waals surface area contributed by atoms with Crippen LogP contribution >= 0.6 is 0 Å². The molecule has 3 nitrogen and oxygen atoms in total. The van der Waals surface area contributed by atoms with Crippen LogP contribution in [-0.2, 0) is 14.3 Å². The molecule has 0 radical (unpaired) electrons. The summed E-state index contributed by atoms with van der Waals surface area (Å²) in [7, 11) is 0. The van der Waals surface area contributed by atoms with E-state index in [1.54, 1.807) is 20.8 Å². The van der Waals surface area contributed by atoms with Gasteiger partial charge in [0.15, 0.2) is 5.78 Å². The first-order chi connectivity index (χ1) is 7.32. The number of hydrogen-bond acceptors (Lipinski definition) is 3. The van der Waals surface area contributed by atoms with E-state index in [4.69, 9.17) is 4.74 Å². The standard InChI is InChI=1S/C13H22O3/c1-9(2)6-7-11(5)12(14)8-13(15)16-10(3)4/h6-7,9-11H,8H2,1-5H3/b7-6+/t11-/m0/s1. The van der Waals surface area contributed by atoms with E-state index < -0.39 is 5.97 Å². The van der Waals surface area contributed by atoms with Crippen LogP contribution in [0.15, 0.2) is 12.2 Å². The largest absolute Gasteiger partial charge is 0.463 e. The van der Waals surface area contributed by atoms with E-state index in [1.807, 2.05) is 26.0 Å². The third-order valence-electron chi connectivity index (χ3n) is 1.98. The predicted octanol–water partition coefficient (Wildman–Crippen LogP) is 2.75. The highest BCUT2D eigenvalue weighted by Crippen LogP contribution is 2.07. The highest BCUT2D eigenvalue weighted by atomic mass is 16.5. The zero-order valence-corrected chi connectivity index (χ0v) is 10.8. The number of esters is 1. The summed E-state index contributed by atoms with van der Waals surface area (Å²) in [6, 6.07) is 0. The van der Waals surface area contributed by atoms with Crippen LogP contribution in [0.25, 0.3) is 0 Å². The monoisotopic (exact) mass is 226 g/mol. The molecule has 0 saturated carbocycles. The maximum absolute atomic E-state index is 11.6. The van der Waals surface area contributed by atoms with E-state index in [1.165, 1.54) is 0 Å². The fourth-order valence-electron chi connectivity index (χ4n) is 1.10. The average Bonchev–Trinajstić information content (AvgIpc) is 2.12. The summed E-state index contributed by atoms with van der Waals surface area (Å²) in [5, 5.41) is 0. The second kappa shape index (κ2) is 7.20. The van der Waals surface area contributed by atoms with Gasteiger partial charge in [0.2, 0.25) is 0 Å². The molecule has 0 aliphatic carbocycles. The van der Waals surface area contributed by atoms with Gasteiger partial charge in [0.05, 0.1) is 6.10 Å². The van der Waals surface area contributed by atoms with Gasteiger partial charge in [-0.05, 0) is 19.8 Å². The number of hydrogen-bond donors (Lipinski definition) is 0. The van der Waals surface area contributed by atoms with Crippen molar-refractivity contribution in [2.45, 2.75) is 47.1 Å². The van der Waals surface area contributed by atoms with Crippen molar-refractivity contribution in [1.82, 2.24) is 0 Å². The van der Waals surface area contributed by atoms with Crippen LogP contribution in [0.5, 0.6) is 0 Å². The maximum atomic E-state index is 11.6. The Morgan fingerprint density at radius 3 is 2.06 bits per heavy atom. The van der Waals surface area contributed by atoms with Crippen LogP contribution < -0.4 is 0 Å². The highest BCUT2D eigenvalue weighted by Gasteiger charge is 2.16. The Bertz CT molecular complexity index is 264. The van der Waals surface area contributed by atoms with Crippen molar-refractivity contribution in [1.29, 1.82) is 0 Å². The Morgan fingerprint density at radius 1 is 1.06 bits per heavy atom. The van der Waals surface area contributed by atoms with Gasteiger partial charge in [0, 0.05) is 5.92 Å². The molecule has 0 aromatic rings. The van der Waals surface area contributed by atoms with Crippen molar-refractivity contribution >= 4 is 11.8 Å². The second-order valence-electron chi connectivity index (χ2n) is 4.60. The molecule has 0 unspecified atom stereocenters. The van der Waals surface area contributed by atoms with Crippen molar-refractivity contribution in [2.24, 2.45) is 11.8 Å². The lowest BCUT2D eigenvalue weighted by Gasteiger charge is -2.09. The van der Waals surface area contributed by atoms with E-state index in [-0.39, 0.29) is 24.2 Å². The molecule has 92 valence electrons. The molecule has 0 rings (SSSR count). The van der Waals surface area contributed by atoms with Crippen molar-refractivity contribution in [2.75, 3.05) is 0 Å². The molecular formula is C13H22O3. The quantitative estimate of drug-likeness (QED) is 0.397. The minimum Gasteiger partial charge on any atom is -0.463 e. The topological polar surface area (TPSA) is 43.4 Å². The third kappa shape index (κ3) is 7.21. The number of ketones is 1. The Kier molecular flexibility index (Phi) is 6.70. The summed E-state index contributed by atoms with van der Waals surface area (Å²) in [4.78, 5) is 22.8. The van der Waals surface area contributed by atoms with Gasteiger partial charge in [0.1, 0.15) is 6.42 Å². The Morgan fingerprint density at radius 2 is 1.62 bits per heavy atom. The summed E-state index contributed by atoms with van der Waals surface area (Å²) in [6.07, 6.45) is 3.51. The van der Waals surface area contributed by atoms with Gasteiger partial charge in [-0.25, -0.2) is 0 Å². The van der Waals surface area contributed by atoms with Crippen LogP contribution in [0.2, 0.25) is 0 Å². The molecule has 0 aliphatic heterocycles. The molecule has 1 atom stereocenters. The number of carbonyl (C=O) groups is 2. The number of ether oxygens (including phenoxy) is 1. The molecule has 0 heterocycles. The highest BCUT2D eigenvalue weighted by molar-refractivity contribution is 5.97. The number of Topliss-reactive ketones (excluding diaryl/α,β-unsaturated/α-hetero) is 1. The SMILES string of the molecule is CC(C)/C=C/[C@H](C)C(=O)CC(=O)OC(C)C. The van der Waals surface area contributed by atoms with E-state index in [0.29, 0.717) is 5.92 Å². The molecule has 0 bridgehead atoms. The van der Waals surface area contributed by atoms with Crippen LogP contribution in [0.3, 0.4) is 0 Å². The fraction of sp³-hybridized carbons (Fsp3) is 0.692. The summed E-state index contributed by atoms with van der Waals surface area (Å²) < 4.78 is 4.91. The van der Waals surface area contributed by atoms with E-state index in [0.717, 1.165) is 0 Å². The van der Waals surface area contributed by atoms with Gasteiger partial charge in [-0.1, -0.05) is 32.9 Å². The summed E-state index contributed by atoms with van der Waals surface area (Å²) >= 11 is 0. The van der Waals surface area contributed by atoms with Crippen LogP contribution in [0.4, 0.5) is 0 Å². The lowest BCUT2D eigenvalue weighted by Crippen LogP contribution is -2.18. The maximum Gasteiger partial charge on any atom is 0.313 e. The van der Waals surface area contributed by atoms with Gasteiger partial charge in [-0.3, -0.25) is 9.59 Å². The molecule has 3 heteroatoms. The fourth-order valence-corrected chi connectivity index (χ4v) is 1.10. The van der Waals surface area contributed by atoms with E-state index >= 15 is 0 Å². The minimum absolute atomic E-state index is 0.0949. The minimum atomic E-state index is -0.440. The molecule has 0 fully saturated rings.